The van der Waals surface area contributed by atoms with E-state index in [2.05, 4.69) is 15.5 Å². The summed E-state index contributed by atoms with van der Waals surface area (Å²) in [4.78, 5) is 26.4. The number of amides is 2. The predicted octanol–water partition coefficient (Wildman–Crippen LogP) is 1.96. The van der Waals surface area contributed by atoms with E-state index in [1.807, 2.05) is 0 Å². The van der Waals surface area contributed by atoms with Crippen LogP contribution in [0.15, 0.2) is 42.5 Å². The fourth-order valence-corrected chi connectivity index (χ4v) is 3.55. The predicted molar refractivity (Wildman–Crippen MR) is 104 cm³/mol. The van der Waals surface area contributed by atoms with Crippen LogP contribution in [0, 0.1) is 5.82 Å². The second kappa shape index (κ2) is 8.59. The third kappa shape index (κ3) is 4.55. The summed E-state index contributed by atoms with van der Waals surface area (Å²) in [6.45, 7) is 3.05. The first-order chi connectivity index (χ1) is 14.1. The molecule has 0 aliphatic carbocycles. The van der Waals surface area contributed by atoms with Crippen molar-refractivity contribution in [1.29, 1.82) is 0 Å². The van der Waals surface area contributed by atoms with Crippen LogP contribution in [0.2, 0.25) is 0 Å². The normalized spacial score (nSPS) is 17.6. The van der Waals surface area contributed by atoms with Crippen molar-refractivity contribution in [1.82, 2.24) is 10.2 Å². The number of hydrogen-bond acceptors (Lipinski definition) is 5. The largest absolute Gasteiger partial charge is 0.482 e. The number of hydrogen-bond donors (Lipinski definition) is 2. The van der Waals surface area contributed by atoms with Gasteiger partial charge in [-0.2, -0.15) is 0 Å². The fourth-order valence-electron chi connectivity index (χ4n) is 3.55. The van der Waals surface area contributed by atoms with Crippen LogP contribution in [0.3, 0.4) is 0 Å². The zero-order valence-electron chi connectivity index (χ0n) is 15.8. The highest BCUT2D eigenvalue weighted by Crippen LogP contribution is 2.28. The van der Waals surface area contributed by atoms with Crippen LogP contribution in [0.5, 0.6) is 5.75 Å². The van der Waals surface area contributed by atoms with Gasteiger partial charge in [-0.05, 0) is 35.9 Å². The molecule has 1 saturated heterocycles. The molecule has 2 aliphatic rings. The Kier molecular flexibility index (Phi) is 5.73. The van der Waals surface area contributed by atoms with E-state index in [9.17, 15) is 14.0 Å². The Hall–Kier alpha value is -2.97. The van der Waals surface area contributed by atoms with Gasteiger partial charge < -0.3 is 20.1 Å². The van der Waals surface area contributed by atoms with Crippen molar-refractivity contribution in [2.45, 2.75) is 6.04 Å². The van der Waals surface area contributed by atoms with Crippen LogP contribution in [0.1, 0.15) is 22.0 Å². The zero-order chi connectivity index (χ0) is 20.2. The minimum Gasteiger partial charge on any atom is -0.482 e. The van der Waals surface area contributed by atoms with E-state index in [1.54, 1.807) is 30.3 Å². The van der Waals surface area contributed by atoms with Gasteiger partial charge in [-0.25, -0.2) is 4.39 Å². The SMILES string of the molecule is O=C1COc2ccc(C(=O)NCC(c3ccc(F)cc3)N3CCOCC3)cc2N1. The van der Waals surface area contributed by atoms with Gasteiger partial charge in [-0.1, -0.05) is 12.1 Å². The molecule has 152 valence electrons. The summed E-state index contributed by atoms with van der Waals surface area (Å²) in [5.41, 5.74) is 1.84. The highest BCUT2D eigenvalue weighted by molar-refractivity contribution is 5.99. The van der Waals surface area contributed by atoms with Crippen LogP contribution in [-0.2, 0) is 9.53 Å². The van der Waals surface area contributed by atoms with Gasteiger partial charge >= 0.3 is 0 Å². The molecule has 0 saturated carbocycles. The van der Waals surface area contributed by atoms with Gasteiger partial charge in [-0.3, -0.25) is 14.5 Å². The molecule has 1 fully saturated rings. The molecule has 2 heterocycles. The van der Waals surface area contributed by atoms with E-state index in [1.165, 1.54) is 12.1 Å². The molecule has 0 radical (unpaired) electrons. The smallest absolute Gasteiger partial charge is 0.262 e. The lowest BCUT2D eigenvalue weighted by molar-refractivity contribution is -0.118. The Bertz CT molecular complexity index is 897. The number of carbonyl (C=O) groups is 2. The molecule has 2 aromatic rings. The molecule has 1 unspecified atom stereocenters. The number of ether oxygens (including phenoxy) is 2. The van der Waals surface area contributed by atoms with Crippen molar-refractivity contribution in [2.75, 3.05) is 44.8 Å². The van der Waals surface area contributed by atoms with Gasteiger partial charge in [0, 0.05) is 25.2 Å². The average molecular weight is 399 g/mol. The van der Waals surface area contributed by atoms with Crippen molar-refractivity contribution < 1.29 is 23.5 Å². The lowest BCUT2D eigenvalue weighted by Crippen LogP contribution is -2.43. The minimum absolute atomic E-state index is 0.0303. The van der Waals surface area contributed by atoms with Gasteiger partial charge in [0.05, 0.1) is 24.9 Å². The fraction of sp³-hybridized carbons (Fsp3) is 0.333. The number of nitrogens with one attached hydrogen (secondary N) is 2. The molecule has 0 aromatic heterocycles. The van der Waals surface area contributed by atoms with Crippen molar-refractivity contribution >= 4 is 17.5 Å². The molecule has 0 bridgehead atoms. The maximum Gasteiger partial charge on any atom is 0.262 e. The Labute approximate surface area is 167 Å². The van der Waals surface area contributed by atoms with Crippen molar-refractivity contribution in [3.8, 4) is 5.75 Å². The topological polar surface area (TPSA) is 79.9 Å². The lowest BCUT2D eigenvalue weighted by Gasteiger charge is -2.35. The molecule has 2 amide bonds. The number of morpholine rings is 1. The number of carbonyl (C=O) groups excluding carboxylic acids is 2. The highest BCUT2D eigenvalue weighted by atomic mass is 19.1. The van der Waals surface area contributed by atoms with Crippen molar-refractivity contribution in [3.05, 3.63) is 59.4 Å². The summed E-state index contributed by atoms with van der Waals surface area (Å²) in [5, 5.41) is 5.66. The summed E-state index contributed by atoms with van der Waals surface area (Å²) in [6, 6.07) is 11.2. The quantitative estimate of drug-likeness (QED) is 0.804. The van der Waals surface area contributed by atoms with Gasteiger partial charge in [0.1, 0.15) is 11.6 Å². The summed E-state index contributed by atoms with van der Waals surface area (Å²) >= 11 is 0. The van der Waals surface area contributed by atoms with Gasteiger partial charge in [0.2, 0.25) is 0 Å². The van der Waals surface area contributed by atoms with E-state index in [0.29, 0.717) is 36.8 Å². The summed E-state index contributed by atoms with van der Waals surface area (Å²) in [6.07, 6.45) is 0. The molecule has 2 aromatic carbocycles. The molecule has 2 N–H and O–H groups in total. The van der Waals surface area contributed by atoms with Crippen LogP contribution in [0.4, 0.5) is 10.1 Å². The average Bonchev–Trinajstić information content (AvgIpc) is 2.75. The van der Waals surface area contributed by atoms with E-state index in [4.69, 9.17) is 9.47 Å². The van der Waals surface area contributed by atoms with Crippen molar-refractivity contribution in [2.24, 2.45) is 0 Å². The van der Waals surface area contributed by atoms with E-state index in [0.717, 1.165) is 18.7 Å². The molecule has 8 heteroatoms. The van der Waals surface area contributed by atoms with Gasteiger partial charge in [0.25, 0.3) is 11.8 Å². The molecular weight excluding hydrogens is 377 g/mol. The Morgan fingerprint density at radius 2 is 1.93 bits per heavy atom. The van der Waals surface area contributed by atoms with Gasteiger partial charge in [-0.15, -0.1) is 0 Å². The van der Waals surface area contributed by atoms with Crippen LogP contribution >= 0.6 is 0 Å². The molecule has 29 heavy (non-hydrogen) atoms. The lowest BCUT2D eigenvalue weighted by atomic mass is 10.0. The first-order valence-electron chi connectivity index (χ1n) is 9.52. The summed E-state index contributed by atoms with van der Waals surface area (Å²) in [5.74, 6) is -0.262. The summed E-state index contributed by atoms with van der Waals surface area (Å²) in [7, 11) is 0. The molecule has 1 atom stereocenters. The highest BCUT2D eigenvalue weighted by Gasteiger charge is 2.24. The van der Waals surface area contributed by atoms with E-state index >= 15 is 0 Å². The number of nitrogens with zero attached hydrogens (tertiary/aromatic N) is 1. The summed E-state index contributed by atoms with van der Waals surface area (Å²) < 4.78 is 24.1. The monoisotopic (exact) mass is 399 g/mol. The number of rotatable bonds is 5. The maximum atomic E-state index is 13.3. The maximum absolute atomic E-state index is 13.3. The number of anilines is 1. The standard InChI is InChI=1S/C21H22FN3O4/c22-16-4-1-14(2-5-16)18(25-7-9-28-10-8-25)12-23-21(27)15-3-6-19-17(11-15)24-20(26)13-29-19/h1-6,11,18H,7-10,12-13H2,(H,23,27)(H,24,26). The van der Waals surface area contributed by atoms with E-state index in [-0.39, 0.29) is 30.3 Å². The van der Waals surface area contributed by atoms with Crippen LogP contribution in [0.25, 0.3) is 0 Å². The Morgan fingerprint density at radius 1 is 1.17 bits per heavy atom. The van der Waals surface area contributed by atoms with Gasteiger partial charge in [0.15, 0.2) is 6.61 Å². The number of benzene rings is 2. The Morgan fingerprint density at radius 3 is 2.69 bits per heavy atom. The molecular formula is C21H22FN3O4. The minimum atomic E-state index is -0.295. The third-order valence-corrected chi connectivity index (χ3v) is 5.07. The molecule has 0 spiro atoms. The van der Waals surface area contributed by atoms with E-state index < -0.39 is 0 Å². The van der Waals surface area contributed by atoms with Crippen molar-refractivity contribution in [3.63, 3.8) is 0 Å². The molecule has 2 aliphatic heterocycles. The van der Waals surface area contributed by atoms with Crippen LogP contribution < -0.4 is 15.4 Å². The zero-order valence-corrected chi connectivity index (χ0v) is 15.8. The second-order valence-electron chi connectivity index (χ2n) is 6.97. The molecule has 7 nitrogen and oxygen atoms in total. The number of halogens is 1. The second-order valence-corrected chi connectivity index (χ2v) is 6.97. The first-order valence-corrected chi connectivity index (χ1v) is 9.52. The first kappa shape index (κ1) is 19.4. The Balaban J connectivity index is 1.48. The van der Waals surface area contributed by atoms with Crippen LogP contribution in [-0.4, -0.2) is 56.2 Å². The number of fused-ring (bicyclic) bond motifs is 1. The molecule has 4 rings (SSSR count). The third-order valence-electron chi connectivity index (χ3n) is 5.07.